The van der Waals surface area contributed by atoms with Crippen LogP contribution < -0.4 is 5.73 Å². The maximum atomic E-state index is 5.70. The molecule has 0 aromatic carbocycles. The van der Waals surface area contributed by atoms with Crippen LogP contribution in [0.3, 0.4) is 0 Å². The molecule has 12 heavy (non-hydrogen) atoms. The van der Waals surface area contributed by atoms with Crippen LogP contribution in [0.25, 0.3) is 5.65 Å². The minimum atomic E-state index is 0.389. The van der Waals surface area contributed by atoms with Crippen LogP contribution in [-0.2, 0) is 0 Å². The van der Waals surface area contributed by atoms with E-state index in [4.69, 9.17) is 17.3 Å². The number of nitrogens with two attached hydrogens (primary N) is 1. The summed E-state index contributed by atoms with van der Waals surface area (Å²) in [6.07, 6.45) is 0. The van der Waals surface area contributed by atoms with Gasteiger partial charge in [0.05, 0.1) is 5.69 Å². The van der Waals surface area contributed by atoms with Crippen LogP contribution in [0, 0.1) is 6.92 Å². The Morgan fingerprint density at radius 2 is 2.25 bits per heavy atom. The summed E-state index contributed by atoms with van der Waals surface area (Å²) < 4.78 is 1.56. The molecule has 0 amide bonds. The molecule has 2 rings (SSSR count). The van der Waals surface area contributed by atoms with Gasteiger partial charge < -0.3 is 5.73 Å². The van der Waals surface area contributed by atoms with E-state index >= 15 is 0 Å². The fraction of sp³-hybridized carbons (Fsp3) is 0.143. The van der Waals surface area contributed by atoms with Crippen LogP contribution in [0.1, 0.15) is 5.69 Å². The first-order valence-electron chi connectivity index (χ1n) is 3.45. The highest BCUT2D eigenvalue weighted by Crippen LogP contribution is 2.13. The van der Waals surface area contributed by atoms with Crippen LogP contribution in [0.4, 0.5) is 5.82 Å². The molecule has 0 radical (unpaired) electrons. The second kappa shape index (κ2) is 2.35. The van der Waals surface area contributed by atoms with Crippen LogP contribution in [0.5, 0.6) is 0 Å². The number of hydrogen-bond donors (Lipinski definition) is 1. The highest BCUT2D eigenvalue weighted by Gasteiger charge is 2.03. The zero-order chi connectivity index (χ0) is 8.72. The predicted octanol–water partition coefficient (Wildman–Crippen LogP) is 1.27. The number of rotatable bonds is 0. The van der Waals surface area contributed by atoms with Crippen molar-refractivity contribution in [2.24, 2.45) is 0 Å². The Morgan fingerprint density at radius 3 is 3.00 bits per heavy atom. The van der Waals surface area contributed by atoms with Crippen LogP contribution in [-0.4, -0.2) is 14.6 Å². The van der Waals surface area contributed by atoms with Crippen LogP contribution in [0.2, 0.25) is 5.15 Å². The summed E-state index contributed by atoms with van der Waals surface area (Å²) >= 11 is 5.70. The van der Waals surface area contributed by atoms with Gasteiger partial charge in [0.1, 0.15) is 11.0 Å². The second-order valence-electron chi connectivity index (χ2n) is 2.56. The van der Waals surface area contributed by atoms with Gasteiger partial charge in [-0.3, -0.25) is 0 Å². The normalized spacial score (nSPS) is 10.8. The summed E-state index contributed by atoms with van der Waals surface area (Å²) in [4.78, 5) is 4.04. The van der Waals surface area contributed by atoms with Gasteiger partial charge in [-0.1, -0.05) is 11.6 Å². The van der Waals surface area contributed by atoms with Crippen LogP contribution in [0.15, 0.2) is 12.1 Å². The minimum absolute atomic E-state index is 0.389. The third-order valence-electron chi connectivity index (χ3n) is 1.55. The summed E-state index contributed by atoms with van der Waals surface area (Å²) in [6, 6.07) is 3.39. The van der Waals surface area contributed by atoms with E-state index in [0.29, 0.717) is 16.6 Å². The molecule has 0 aliphatic rings. The van der Waals surface area contributed by atoms with E-state index in [2.05, 4.69) is 10.1 Å². The fourth-order valence-corrected chi connectivity index (χ4v) is 1.28. The zero-order valence-electron chi connectivity index (χ0n) is 6.45. The molecule has 0 spiro atoms. The number of hydrogen-bond acceptors (Lipinski definition) is 3. The lowest BCUT2D eigenvalue weighted by molar-refractivity contribution is 0.929. The summed E-state index contributed by atoms with van der Waals surface area (Å²) in [6.45, 7) is 1.88. The molecule has 2 heterocycles. The van der Waals surface area contributed by atoms with Gasteiger partial charge in [0, 0.05) is 12.1 Å². The Labute approximate surface area is 74.0 Å². The van der Waals surface area contributed by atoms with Crippen molar-refractivity contribution < 1.29 is 0 Å². The predicted molar refractivity (Wildman–Crippen MR) is 47.1 cm³/mol. The highest BCUT2D eigenvalue weighted by molar-refractivity contribution is 6.29. The molecule has 5 heteroatoms. The quantitative estimate of drug-likeness (QED) is 0.625. The molecular weight excluding hydrogens is 176 g/mol. The van der Waals surface area contributed by atoms with Gasteiger partial charge in [0.15, 0.2) is 5.65 Å². The first kappa shape index (κ1) is 7.36. The SMILES string of the molecule is Cc1cc2nc(Cl)cc(N)n2n1. The third-order valence-corrected chi connectivity index (χ3v) is 1.74. The molecule has 0 aliphatic heterocycles. The molecule has 62 valence electrons. The van der Waals surface area contributed by atoms with Crippen molar-refractivity contribution in [3.05, 3.63) is 23.0 Å². The number of aryl methyl sites for hydroxylation is 1. The van der Waals surface area contributed by atoms with Crippen molar-refractivity contribution in [3.8, 4) is 0 Å². The average Bonchev–Trinajstić information content (AvgIpc) is 2.29. The van der Waals surface area contributed by atoms with Crippen LogP contribution >= 0.6 is 11.6 Å². The Balaban J connectivity index is 2.88. The lowest BCUT2D eigenvalue weighted by atomic mass is 10.5. The summed E-state index contributed by atoms with van der Waals surface area (Å²) in [5.41, 5.74) is 7.20. The molecule has 0 bridgehead atoms. The topological polar surface area (TPSA) is 56.2 Å². The molecule has 2 N–H and O–H groups in total. The van der Waals surface area contributed by atoms with Gasteiger partial charge in [-0.25, -0.2) is 4.98 Å². The van der Waals surface area contributed by atoms with Crippen molar-refractivity contribution in [1.29, 1.82) is 0 Å². The molecule has 0 unspecified atom stereocenters. The number of anilines is 1. The fourth-order valence-electron chi connectivity index (χ4n) is 1.08. The number of fused-ring (bicyclic) bond motifs is 1. The van der Waals surface area contributed by atoms with Gasteiger partial charge >= 0.3 is 0 Å². The van der Waals surface area contributed by atoms with Gasteiger partial charge in [0.25, 0.3) is 0 Å². The van der Waals surface area contributed by atoms with Crippen molar-refractivity contribution in [3.63, 3.8) is 0 Å². The second-order valence-corrected chi connectivity index (χ2v) is 2.95. The Morgan fingerprint density at radius 1 is 1.50 bits per heavy atom. The highest BCUT2D eigenvalue weighted by atomic mass is 35.5. The zero-order valence-corrected chi connectivity index (χ0v) is 7.21. The van der Waals surface area contributed by atoms with Gasteiger partial charge in [-0.15, -0.1) is 0 Å². The number of nitrogen functional groups attached to an aromatic ring is 1. The average molecular weight is 183 g/mol. The largest absolute Gasteiger partial charge is 0.383 e. The minimum Gasteiger partial charge on any atom is -0.383 e. The molecule has 2 aromatic rings. The van der Waals surface area contributed by atoms with Gasteiger partial charge in [-0.05, 0) is 6.92 Å². The first-order chi connectivity index (χ1) is 5.66. The third kappa shape index (κ3) is 1.00. The number of aromatic nitrogens is 3. The van der Waals surface area contributed by atoms with Crippen molar-refractivity contribution >= 4 is 23.1 Å². The van der Waals surface area contributed by atoms with E-state index in [1.807, 2.05) is 13.0 Å². The smallest absolute Gasteiger partial charge is 0.159 e. The Bertz CT molecular complexity index is 434. The Hall–Kier alpha value is -1.29. The van der Waals surface area contributed by atoms with E-state index in [-0.39, 0.29) is 0 Å². The maximum Gasteiger partial charge on any atom is 0.159 e. The van der Waals surface area contributed by atoms with E-state index in [1.54, 1.807) is 10.6 Å². The lowest BCUT2D eigenvalue weighted by Gasteiger charge is -1.97. The first-order valence-corrected chi connectivity index (χ1v) is 3.83. The molecule has 0 saturated carbocycles. The van der Waals surface area contributed by atoms with E-state index in [1.165, 1.54) is 0 Å². The summed E-state index contributed by atoms with van der Waals surface area (Å²) in [5, 5.41) is 4.51. The molecule has 0 atom stereocenters. The van der Waals surface area contributed by atoms with E-state index in [0.717, 1.165) is 5.69 Å². The number of halogens is 1. The van der Waals surface area contributed by atoms with Crippen molar-refractivity contribution in [1.82, 2.24) is 14.6 Å². The molecule has 0 saturated heterocycles. The Kier molecular flexibility index (Phi) is 1.44. The molecular formula is C7H7ClN4. The maximum absolute atomic E-state index is 5.70. The molecule has 0 aliphatic carbocycles. The standard InChI is InChI=1S/C7H7ClN4/c1-4-2-7-10-5(8)3-6(9)12(7)11-4/h2-3H,9H2,1H3. The molecule has 2 aromatic heterocycles. The monoisotopic (exact) mass is 182 g/mol. The number of nitrogens with zero attached hydrogens (tertiary/aromatic N) is 3. The summed E-state index contributed by atoms with van der Waals surface area (Å²) in [7, 11) is 0. The van der Waals surface area contributed by atoms with E-state index < -0.39 is 0 Å². The summed E-state index contributed by atoms with van der Waals surface area (Å²) in [5.74, 6) is 0.498. The van der Waals surface area contributed by atoms with Crippen molar-refractivity contribution in [2.75, 3.05) is 5.73 Å². The van der Waals surface area contributed by atoms with Gasteiger partial charge in [0.2, 0.25) is 0 Å². The van der Waals surface area contributed by atoms with Crippen molar-refractivity contribution in [2.45, 2.75) is 6.92 Å². The molecule has 4 nitrogen and oxygen atoms in total. The van der Waals surface area contributed by atoms with Gasteiger partial charge in [-0.2, -0.15) is 9.61 Å². The lowest BCUT2D eigenvalue weighted by Crippen LogP contribution is -1.99. The van der Waals surface area contributed by atoms with E-state index in [9.17, 15) is 0 Å². The molecule has 0 fully saturated rings.